The number of nitrogens with one attached hydrogen (secondary N) is 1. The molecule has 4 aliphatic rings. The van der Waals surface area contributed by atoms with Crippen LogP contribution in [0.25, 0.3) is 0 Å². The van der Waals surface area contributed by atoms with Crippen LogP contribution < -0.4 is 5.32 Å². The van der Waals surface area contributed by atoms with Gasteiger partial charge in [0.05, 0.1) is 11.8 Å². The number of hydrogen-bond acceptors (Lipinski definition) is 3. The van der Waals surface area contributed by atoms with Crippen LogP contribution in [0.15, 0.2) is 5.29 Å². The molecule has 0 heterocycles. The second-order valence-electron chi connectivity index (χ2n) is 14.0. The first kappa shape index (κ1) is 27.8. The van der Waals surface area contributed by atoms with Gasteiger partial charge < -0.3 is 5.32 Å². The Morgan fingerprint density at radius 3 is 2.42 bits per heavy atom. The second-order valence-corrected chi connectivity index (χ2v) is 14.0. The third kappa shape index (κ3) is 5.21. The molecule has 0 saturated heterocycles. The van der Waals surface area contributed by atoms with Crippen molar-refractivity contribution in [3.05, 3.63) is 4.91 Å². The number of rotatable bonds is 9. The molecular weight excluding hydrogens is 453 g/mol. The van der Waals surface area contributed by atoms with Crippen LogP contribution in [-0.2, 0) is 0 Å². The van der Waals surface area contributed by atoms with E-state index >= 15 is 0 Å². The Hall–Kier alpha value is -1.20. The summed E-state index contributed by atoms with van der Waals surface area (Å²) in [6.45, 7) is 11.4. The summed E-state index contributed by atoms with van der Waals surface area (Å²) in [4.78, 5) is 23.3. The smallest absolute Gasteiger partial charge is 0.334 e. The van der Waals surface area contributed by atoms with Gasteiger partial charge in [-0.2, -0.15) is 5.01 Å². The van der Waals surface area contributed by atoms with E-state index in [9.17, 15) is 14.1 Å². The summed E-state index contributed by atoms with van der Waals surface area (Å²) in [7, 11) is 0. The molecule has 0 bridgehead atoms. The van der Waals surface area contributed by atoms with Crippen LogP contribution in [0.2, 0.25) is 0 Å². The van der Waals surface area contributed by atoms with Crippen LogP contribution in [0, 0.1) is 57.2 Å². The molecule has 0 aromatic carbocycles. The Kier molecular flexibility index (Phi) is 8.71. The molecule has 4 aliphatic carbocycles. The average Bonchev–Trinajstić information content (AvgIpc) is 3.19. The average molecular weight is 506 g/mol. The minimum Gasteiger partial charge on any atom is -0.334 e. The van der Waals surface area contributed by atoms with Crippen molar-refractivity contribution in [3.8, 4) is 0 Å². The highest BCUT2D eigenvalue weighted by molar-refractivity contribution is 5.74. The number of urea groups is 1. The van der Waals surface area contributed by atoms with E-state index in [0.29, 0.717) is 21.8 Å². The number of alkyl halides is 1. The van der Waals surface area contributed by atoms with Gasteiger partial charge in [0, 0.05) is 6.04 Å². The van der Waals surface area contributed by atoms with Crippen LogP contribution >= 0.6 is 0 Å². The van der Waals surface area contributed by atoms with Crippen molar-refractivity contribution >= 4 is 6.03 Å². The predicted octanol–water partition coefficient (Wildman–Crippen LogP) is 8.14. The van der Waals surface area contributed by atoms with E-state index in [4.69, 9.17) is 0 Å². The number of halogens is 1. The Labute approximate surface area is 219 Å². The zero-order chi connectivity index (χ0) is 26.1. The SMILES string of the molecule is CC(C)CCC[C@@H](C)C1CC[C@H]2[C@@H]3CC[C@H]4C[C@H](NC(=O)N(CCF)N=O)CC[C@]4(C)[C@H]3CC[C@]12C. The van der Waals surface area contributed by atoms with Crippen LogP contribution in [-0.4, -0.2) is 30.3 Å². The van der Waals surface area contributed by atoms with Crippen molar-refractivity contribution in [2.45, 2.75) is 118 Å². The van der Waals surface area contributed by atoms with Crippen molar-refractivity contribution < 1.29 is 9.18 Å². The first-order chi connectivity index (χ1) is 17.1. The molecule has 1 unspecified atom stereocenters. The molecule has 6 heteroatoms. The van der Waals surface area contributed by atoms with Crippen molar-refractivity contribution in [1.82, 2.24) is 10.3 Å². The number of fused-ring (bicyclic) bond motifs is 5. The summed E-state index contributed by atoms with van der Waals surface area (Å²) >= 11 is 0. The summed E-state index contributed by atoms with van der Waals surface area (Å²) in [5.41, 5.74) is 0.877. The minimum atomic E-state index is -0.759. The second kappa shape index (κ2) is 11.3. The normalized spacial score (nSPS) is 40.6. The fraction of sp³-hybridized carbons (Fsp3) is 0.967. The molecule has 4 fully saturated rings. The monoisotopic (exact) mass is 505 g/mol. The minimum absolute atomic E-state index is 0.0624. The summed E-state index contributed by atoms with van der Waals surface area (Å²) in [6.07, 6.45) is 15.4. The van der Waals surface area contributed by atoms with E-state index < -0.39 is 12.7 Å². The van der Waals surface area contributed by atoms with E-state index in [0.717, 1.165) is 54.8 Å². The quantitative estimate of drug-likeness (QED) is 0.254. The van der Waals surface area contributed by atoms with Gasteiger partial charge in [-0.25, -0.2) is 9.18 Å². The molecule has 206 valence electrons. The summed E-state index contributed by atoms with van der Waals surface area (Å²) in [5, 5.41) is 6.38. The van der Waals surface area contributed by atoms with E-state index in [1.54, 1.807) is 0 Å². The fourth-order valence-corrected chi connectivity index (χ4v) is 9.92. The lowest BCUT2D eigenvalue weighted by Gasteiger charge is -2.61. The molecule has 1 N–H and O–H groups in total. The molecule has 2 amide bonds. The number of hydrogen-bond donors (Lipinski definition) is 1. The zero-order valence-electron chi connectivity index (χ0n) is 23.6. The van der Waals surface area contributed by atoms with Crippen LogP contribution in [0.4, 0.5) is 9.18 Å². The maximum Gasteiger partial charge on any atom is 0.340 e. The molecule has 5 nitrogen and oxygen atoms in total. The lowest BCUT2D eigenvalue weighted by Crippen LogP contribution is -2.56. The standard InChI is InChI=1S/C30H52FN3O2/c1-20(2)7-6-8-21(3)25-11-12-26-24-10-9-22-19-23(32-28(35)34(33-36)18-17-31)13-15-29(22,4)27(24)14-16-30(25,26)5/h20-27H,6-19H2,1-5H3,(H,32,35)/t21-,22+,23-,24+,25?,26+,27+,29+,30-/m1/s1. The van der Waals surface area contributed by atoms with E-state index in [2.05, 4.69) is 45.2 Å². The van der Waals surface area contributed by atoms with Crippen molar-refractivity contribution in [3.63, 3.8) is 0 Å². The molecule has 4 saturated carbocycles. The molecule has 4 rings (SSSR count). The first-order valence-corrected chi connectivity index (χ1v) is 15.1. The largest absolute Gasteiger partial charge is 0.340 e. The third-order valence-corrected chi connectivity index (χ3v) is 11.8. The molecule has 0 aromatic heterocycles. The highest BCUT2D eigenvalue weighted by atomic mass is 19.1. The highest BCUT2D eigenvalue weighted by Crippen LogP contribution is 2.68. The lowest BCUT2D eigenvalue weighted by molar-refractivity contribution is -0.117. The van der Waals surface area contributed by atoms with E-state index in [1.165, 1.54) is 57.8 Å². The van der Waals surface area contributed by atoms with Gasteiger partial charge in [0.2, 0.25) is 0 Å². The predicted molar refractivity (Wildman–Crippen MR) is 144 cm³/mol. The van der Waals surface area contributed by atoms with Crippen LogP contribution in [0.1, 0.15) is 112 Å². The lowest BCUT2D eigenvalue weighted by atomic mass is 9.44. The maximum atomic E-state index is 12.6. The Balaban J connectivity index is 1.38. The molecule has 0 spiro atoms. The Bertz CT molecular complexity index is 777. The van der Waals surface area contributed by atoms with Crippen molar-refractivity contribution in [2.75, 3.05) is 13.2 Å². The van der Waals surface area contributed by atoms with Gasteiger partial charge in [0.15, 0.2) is 0 Å². The number of carbonyl (C=O) groups excluding carboxylic acids is 1. The molecular formula is C30H52FN3O2. The summed E-state index contributed by atoms with van der Waals surface area (Å²) < 4.78 is 12.6. The highest BCUT2D eigenvalue weighted by Gasteiger charge is 2.60. The van der Waals surface area contributed by atoms with Gasteiger partial charge in [-0.05, 0) is 110 Å². The van der Waals surface area contributed by atoms with Crippen molar-refractivity contribution in [2.24, 2.45) is 57.5 Å². The third-order valence-electron chi connectivity index (χ3n) is 11.8. The van der Waals surface area contributed by atoms with Gasteiger partial charge in [-0.1, -0.05) is 53.9 Å². The number of nitrogens with zero attached hydrogens (tertiary/aromatic N) is 2. The molecule has 0 aromatic rings. The van der Waals surface area contributed by atoms with Gasteiger partial charge >= 0.3 is 6.03 Å². The molecule has 0 aliphatic heterocycles. The summed E-state index contributed by atoms with van der Waals surface area (Å²) in [5.74, 6) is 5.73. The van der Waals surface area contributed by atoms with E-state index in [1.807, 2.05) is 0 Å². The fourth-order valence-electron chi connectivity index (χ4n) is 9.92. The van der Waals surface area contributed by atoms with Gasteiger partial charge in [-0.15, -0.1) is 4.91 Å². The number of nitroso groups, excluding NO2 is 1. The van der Waals surface area contributed by atoms with Crippen molar-refractivity contribution in [1.29, 1.82) is 0 Å². The molecule has 36 heavy (non-hydrogen) atoms. The molecule has 0 radical (unpaired) electrons. The van der Waals surface area contributed by atoms with Crippen LogP contribution in [0.5, 0.6) is 0 Å². The van der Waals surface area contributed by atoms with Gasteiger partial charge in [0.25, 0.3) is 0 Å². The van der Waals surface area contributed by atoms with Gasteiger partial charge in [-0.3, -0.25) is 0 Å². The maximum absolute atomic E-state index is 12.6. The zero-order valence-corrected chi connectivity index (χ0v) is 23.6. The summed E-state index contributed by atoms with van der Waals surface area (Å²) in [6, 6.07) is -0.481. The molecule has 9 atom stereocenters. The number of amides is 2. The van der Waals surface area contributed by atoms with Crippen LogP contribution in [0.3, 0.4) is 0 Å². The Morgan fingerprint density at radius 1 is 1.00 bits per heavy atom. The van der Waals surface area contributed by atoms with E-state index in [-0.39, 0.29) is 12.6 Å². The number of carbonyl (C=O) groups is 1. The Morgan fingerprint density at radius 2 is 1.72 bits per heavy atom. The first-order valence-electron chi connectivity index (χ1n) is 15.1. The van der Waals surface area contributed by atoms with Gasteiger partial charge in [0.1, 0.15) is 6.67 Å². The topological polar surface area (TPSA) is 61.8 Å².